The van der Waals surface area contributed by atoms with Crippen molar-refractivity contribution >= 4 is 11.8 Å². The van der Waals surface area contributed by atoms with Crippen molar-refractivity contribution in [3.8, 4) is 5.75 Å². The first kappa shape index (κ1) is 10.4. The van der Waals surface area contributed by atoms with E-state index in [9.17, 15) is 0 Å². The Morgan fingerprint density at radius 2 is 2.00 bits per heavy atom. The van der Waals surface area contributed by atoms with Gasteiger partial charge in [-0.1, -0.05) is 0 Å². The smallest absolute Gasteiger partial charge is 0.118 e. The van der Waals surface area contributed by atoms with Crippen molar-refractivity contribution in [1.82, 2.24) is 0 Å². The highest BCUT2D eigenvalue weighted by Crippen LogP contribution is 2.21. The van der Waals surface area contributed by atoms with Gasteiger partial charge in [0.2, 0.25) is 0 Å². The lowest BCUT2D eigenvalue weighted by molar-refractivity contribution is 0.220. The lowest BCUT2D eigenvalue weighted by Gasteiger charge is -2.04. The van der Waals surface area contributed by atoms with Crippen LogP contribution in [0.25, 0.3) is 0 Å². The Morgan fingerprint density at radius 3 is 2.46 bits per heavy atom. The molecule has 1 N–H and O–H groups in total. The van der Waals surface area contributed by atoms with Crippen LogP contribution in [0.5, 0.6) is 5.75 Å². The molecule has 0 bridgehead atoms. The molecule has 72 valence electrons. The summed E-state index contributed by atoms with van der Waals surface area (Å²) in [7, 11) is 1.65. The first-order valence-electron chi connectivity index (χ1n) is 4.17. The van der Waals surface area contributed by atoms with E-state index in [1.807, 2.05) is 24.3 Å². The molecule has 0 fully saturated rings. The quantitative estimate of drug-likeness (QED) is 0.752. The molecule has 1 aromatic rings. The van der Waals surface area contributed by atoms with Crippen molar-refractivity contribution in [2.45, 2.75) is 17.9 Å². The Balaban J connectivity index is 2.49. The summed E-state index contributed by atoms with van der Waals surface area (Å²) in [4.78, 5) is 1.15. The second kappa shape index (κ2) is 5.14. The molecule has 0 aliphatic heterocycles. The molecule has 13 heavy (non-hydrogen) atoms. The number of hydrogen-bond acceptors (Lipinski definition) is 3. The molecule has 1 aromatic carbocycles. The van der Waals surface area contributed by atoms with Crippen LogP contribution in [0, 0.1) is 0 Å². The molecule has 2 nitrogen and oxygen atoms in total. The molecule has 0 heterocycles. The van der Waals surface area contributed by atoms with Gasteiger partial charge in [-0.05, 0) is 31.2 Å². The van der Waals surface area contributed by atoms with E-state index in [0.717, 1.165) is 16.4 Å². The van der Waals surface area contributed by atoms with Gasteiger partial charge in [0.05, 0.1) is 13.2 Å². The molecular weight excluding hydrogens is 184 g/mol. The van der Waals surface area contributed by atoms with Crippen molar-refractivity contribution in [3.63, 3.8) is 0 Å². The summed E-state index contributed by atoms with van der Waals surface area (Å²) in [6.07, 6.45) is -0.257. The van der Waals surface area contributed by atoms with Gasteiger partial charge in [-0.3, -0.25) is 0 Å². The van der Waals surface area contributed by atoms with E-state index < -0.39 is 0 Å². The standard InChI is InChI=1S/C10H14O2S/c1-8(11)7-13-10-5-3-9(12-2)4-6-10/h3-6,8,11H,7H2,1-2H3/t8-/m0/s1. The van der Waals surface area contributed by atoms with Crippen molar-refractivity contribution < 1.29 is 9.84 Å². The molecule has 0 amide bonds. The topological polar surface area (TPSA) is 29.5 Å². The minimum absolute atomic E-state index is 0.257. The van der Waals surface area contributed by atoms with E-state index in [4.69, 9.17) is 9.84 Å². The average molecular weight is 198 g/mol. The van der Waals surface area contributed by atoms with Gasteiger partial charge in [-0.25, -0.2) is 0 Å². The summed E-state index contributed by atoms with van der Waals surface area (Å²) < 4.78 is 5.04. The number of rotatable bonds is 4. The van der Waals surface area contributed by atoms with Crippen LogP contribution in [-0.4, -0.2) is 24.1 Å². The minimum Gasteiger partial charge on any atom is -0.497 e. The van der Waals surface area contributed by atoms with Crippen LogP contribution < -0.4 is 4.74 Å². The molecule has 0 aromatic heterocycles. The van der Waals surface area contributed by atoms with Crippen molar-refractivity contribution in [3.05, 3.63) is 24.3 Å². The van der Waals surface area contributed by atoms with Crippen LogP contribution >= 0.6 is 11.8 Å². The number of thioether (sulfide) groups is 1. The molecule has 3 heteroatoms. The third-order valence-corrected chi connectivity index (χ3v) is 2.81. The monoisotopic (exact) mass is 198 g/mol. The molecular formula is C10H14O2S. The van der Waals surface area contributed by atoms with Crippen LogP contribution in [0.3, 0.4) is 0 Å². The fraction of sp³-hybridized carbons (Fsp3) is 0.400. The number of methoxy groups -OCH3 is 1. The third kappa shape index (κ3) is 3.70. The molecule has 0 saturated heterocycles. The zero-order chi connectivity index (χ0) is 9.68. The summed E-state index contributed by atoms with van der Waals surface area (Å²) in [5, 5.41) is 9.07. The maximum absolute atomic E-state index is 9.07. The number of hydrogen-bond donors (Lipinski definition) is 1. The lowest BCUT2D eigenvalue weighted by atomic mass is 10.3. The van der Waals surface area contributed by atoms with Gasteiger partial charge in [-0.15, -0.1) is 11.8 Å². The molecule has 0 saturated carbocycles. The normalized spacial score (nSPS) is 12.5. The molecule has 1 atom stereocenters. The van der Waals surface area contributed by atoms with Gasteiger partial charge >= 0.3 is 0 Å². The molecule has 0 aliphatic rings. The highest BCUT2D eigenvalue weighted by atomic mass is 32.2. The average Bonchev–Trinajstić information content (AvgIpc) is 2.15. The minimum atomic E-state index is -0.257. The Hall–Kier alpha value is -0.670. The van der Waals surface area contributed by atoms with Gasteiger partial charge in [0.1, 0.15) is 5.75 Å². The van der Waals surface area contributed by atoms with Crippen LogP contribution in [0.4, 0.5) is 0 Å². The van der Waals surface area contributed by atoms with E-state index in [2.05, 4.69) is 0 Å². The van der Waals surface area contributed by atoms with Crippen molar-refractivity contribution in [1.29, 1.82) is 0 Å². The SMILES string of the molecule is COc1ccc(SC[C@H](C)O)cc1. The second-order valence-electron chi connectivity index (χ2n) is 2.84. The van der Waals surface area contributed by atoms with Crippen molar-refractivity contribution in [2.75, 3.05) is 12.9 Å². The van der Waals surface area contributed by atoms with Gasteiger partial charge < -0.3 is 9.84 Å². The molecule has 1 rings (SSSR count). The highest BCUT2D eigenvalue weighted by molar-refractivity contribution is 7.99. The molecule has 0 unspecified atom stereocenters. The number of benzene rings is 1. The van der Waals surface area contributed by atoms with Gasteiger partial charge in [0.25, 0.3) is 0 Å². The predicted molar refractivity (Wildman–Crippen MR) is 55.4 cm³/mol. The van der Waals surface area contributed by atoms with Gasteiger partial charge in [0, 0.05) is 10.6 Å². The zero-order valence-corrected chi connectivity index (χ0v) is 8.67. The van der Waals surface area contributed by atoms with E-state index >= 15 is 0 Å². The van der Waals surface area contributed by atoms with Crippen LogP contribution in [0.2, 0.25) is 0 Å². The van der Waals surface area contributed by atoms with Gasteiger partial charge in [0.15, 0.2) is 0 Å². The highest BCUT2D eigenvalue weighted by Gasteiger charge is 1.98. The Morgan fingerprint density at radius 1 is 1.38 bits per heavy atom. The second-order valence-corrected chi connectivity index (χ2v) is 3.93. The van der Waals surface area contributed by atoms with E-state index in [1.54, 1.807) is 25.8 Å². The fourth-order valence-electron chi connectivity index (χ4n) is 0.889. The zero-order valence-electron chi connectivity index (χ0n) is 7.86. The van der Waals surface area contributed by atoms with Crippen LogP contribution in [0.15, 0.2) is 29.2 Å². The number of ether oxygens (including phenoxy) is 1. The van der Waals surface area contributed by atoms with Crippen molar-refractivity contribution in [2.24, 2.45) is 0 Å². The summed E-state index contributed by atoms with van der Waals surface area (Å²) >= 11 is 1.64. The summed E-state index contributed by atoms with van der Waals surface area (Å²) in [6.45, 7) is 1.79. The summed E-state index contributed by atoms with van der Waals surface area (Å²) in [5.41, 5.74) is 0. The first-order chi connectivity index (χ1) is 6.22. The Labute approximate surface area is 82.9 Å². The fourth-order valence-corrected chi connectivity index (χ4v) is 1.65. The Kier molecular flexibility index (Phi) is 4.12. The maximum atomic E-state index is 9.07. The van der Waals surface area contributed by atoms with Crippen LogP contribution in [0.1, 0.15) is 6.92 Å². The van der Waals surface area contributed by atoms with Gasteiger partial charge in [-0.2, -0.15) is 0 Å². The summed E-state index contributed by atoms with van der Waals surface area (Å²) in [6, 6.07) is 7.83. The largest absolute Gasteiger partial charge is 0.497 e. The first-order valence-corrected chi connectivity index (χ1v) is 5.16. The van der Waals surface area contributed by atoms with E-state index in [0.29, 0.717) is 0 Å². The Bertz CT molecular complexity index is 244. The molecule has 0 radical (unpaired) electrons. The summed E-state index contributed by atoms with van der Waals surface area (Å²) in [5.74, 6) is 1.59. The van der Waals surface area contributed by atoms with Crippen LogP contribution in [-0.2, 0) is 0 Å². The third-order valence-electron chi connectivity index (χ3n) is 1.55. The predicted octanol–water partition coefficient (Wildman–Crippen LogP) is 2.17. The molecule has 0 aliphatic carbocycles. The van der Waals surface area contributed by atoms with E-state index in [-0.39, 0.29) is 6.10 Å². The number of aliphatic hydroxyl groups is 1. The molecule has 0 spiro atoms. The lowest BCUT2D eigenvalue weighted by Crippen LogP contribution is -2.01. The van der Waals surface area contributed by atoms with E-state index in [1.165, 1.54) is 0 Å². The maximum Gasteiger partial charge on any atom is 0.118 e. The number of aliphatic hydroxyl groups excluding tert-OH is 1.